The van der Waals surface area contributed by atoms with Gasteiger partial charge in [-0.15, -0.1) is 0 Å². The number of aryl methyl sites for hydroxylation is 1. The Hall–Kier alpha value is -4.39. The van der Waals surface area contributed by atoms with Gasteiger partial charge in [-0.05, 0) is 36.4 Å². The van der Waals surface area contributed by atoms with Gasteiger partial charge in [0.15, 0.2) is 11.6 Å². The molecular weight excluding hydrogens is 407 g/mol. The summed E-state index contributed by atoms with van der Waals surface area (Å²) >= 11 is 0. The summed E-state index contributed by atoms with van der Waals surface area (Å²) in [5.41, 5.74) is 8.32. The van der Waals surface area contributed by atoms with Gasteiger partial charge in [-0.1, -0.05) is 36.4 Å². The minimum absolute atomic E-state index is 0.0810. The third-order valence-electron chi connectivity index (χ3n) is 5.37. The number of nitrogens with two attached hydrogens (primary N) is 1. The van der Waals surface area contributed by atoms with Crippen molar-refractivity contribution in [3.05, 3.63) is 102 Å². The molecule has 32 heavy (non-hydrogen) atoms. The number of rotatable bonds is 5. The van der Waals surface area contributed by atoms with Gasteiger partial charge in [0, 0.05) is 24.0 Å². The summed E-state index contributed by atoms with van der Waals surface area (Å²) in [6, 6.07) is 22.9. The molecule has 6 nitrogen and oxygen atoms in total. The maximum absolute atomic E-state index is 14.7. The summed E-state index contributed by atoms with van der Waals surface area (Å²) in [4.78, 5) is 13.2. The standard InChI is InChI=1S/C25H19FN4O2/c1-29-21-10-6-5-7-16(21)13-22(29)24(31)19-15-28-30(25(19)27)17-11-12-23(20(26)14-17)32-18-8-3-2-4-9-18/h2-15H,27H2,1H3. The van der Waals surface area contributed by atoms with Crippen molar-refractivity contribution in [2.45, 2.75) is 0 Å². The Morgan fingerprint density at radius 2 is 1.75 bits per heavy atom. The fourth-order valence-corrected chi connectivity index (χ4v) is 3.70. The van der Waals surface area contributed by atoms with Gasteiger partial charge in [-0.2, -0.15) is 5.10 Å². The second kappa shape index (κ2) is 7.70. The number of ketones is 1. The number of benzene rings is 3. The summed E-state index contributed by atoms with van der Waals surface area (Å²) in [7, 11) is 1.83. The summed E-state index contributed by atoms with van der Waals surface area (Å²) in [5.74, 6) is -0.0748. The van der Waals surface area contributed by atoms with E-state index < -0.39 is 5.82 Å². The molecule has 0 fully saturated rings. The Bertz CT molecular complexity index is 1450. The van der Waals surface area contributed by atoms with Crippen molar-refractivity contribution < 1.29 is 13.9 Å². The monoisotopic (exact) mass is 426 g/mol. The molecule has 158 valence electrons. The number of nitrogens with zero attached hydrogens (tertiary/aromatic N) is 3. The van der Waals surface area contributed by atoms with Crippen LogP contribution in [0.25, 0.3) is 16.6 Å². The van der Waals surface area contributed by atoms with Crippen LogP contribution in [0, 0.1) is 5.82 Å². The number of hydrogen-bond acceptors (Lipinski definition) is 4. The largest absolute Gasteiger partial charge is 0.454 e. The topological polar surface area (TPSA) is 75.1 Å². The maximum Gasteiger partial charge on any atom is 0.214 e. The average molecular weight is 426 g/mol. The Morgan fingerprint density at radius 1 is 1.00 bits per heavy atom. The van der Waals surface area contributed by atoms with E-state index in [2.05, 4.69) is 5.10 Å². The second-order valence-electron chi connectivity index (χ2n) is 7.36. The van der Waals surface area contributed by atoms with E-state index in [0.717, 1.165) is 10.9 Å². The lowest BCUT2D eigenvalue weighted by molar-refractivity contribution is 0.103. The first-order valence-corrected chi connectivity index (χ1v) is 9.98. The molecule has 2 N–H and O–H groups in total. The van der Waals surface area contributed by atoms with Crippen molar-refractivity contribution in [1.82, 2.24) is 14.3 Å². The summed E-state index contributed by atoms with van der Waals surface area (Å²) < 4.78 is 23.4. The zero-order chi connectivity index (χ0) is 22.2. The number of carbonyl (C=O) groups excluding carboxylic acids is 1. The quantitative estimate of drug-likeness (QED) is 0.397. The van der Waals surface area contributed by atoms with E-state index in [1.165, 1.54) is 23.0 Å². The third-order valence-corrected chi connectivity index (χ3v) is 5.37. The number of para-hydroxylation sites is 2. The van der Waals surface area contributed by atoms with Gasteiger partial charge >= 0.3 is 0 Å². The van der Waals surface area contributed by atoms with E-state index in [-0.39, 0.29) is 22.9 Å². The van der Waals surface area contributed by atoms with Crippen molar-refractivity contribution in [2.75, 3.05) is 5.73 Å². The summed E-state index contributed by atoms with van der Waals surface area (Å²) in [6.45, 7) is 0. The Morgan fingerprint density at radius 3 is 2.50 bits per heavy atom. The van der Waals surface area contributed by atoms with Crippen LogP contribution < -0.4 is 10.5 Å². The highest BCUT2D eigenvalue weighted by atomic mass is 19.1. The number of anilines is 1. The van der Waals surface area contributed by atoms with Crippen LogP contribution in [0.2, 0.25) is 0 Å². The zero-order valence-corrected chi connectivity index (χ0v) is 17.2. The number of nitrogen functional groups attached to an aromatic ring is 1. The molecule has 0 bridgehead atoms. The molecule has 0 aliphatic heterocycles. The molecule has 0 amide bonds. The van der Waals surface area contributed by atoms with Gasteiger partial charge in [0.1, 0.15) is 11.6 Å². The van der Waals surface area contributed by atoms with Gasteiger partial charge in [-0.3, -0.25) is 4.79 Å². The van der Waals surface area contributed by atoms with Crippen LogP contribution in [-0.4, -0.2) is 20.1 Å². The van der Waals surface area contributed by atoms with Gasteiger partial charge in [0.2, 0.25) is 5.78 Å². The highest BCUT2D eigenvalue weighted by Gasteiger charge is 2.21. The van der Waals surface area contributed by atoms with E-state index >= 15 is 0 Å². The third kappa shape index (κ3) is 3.30. The molecule has 5 aromatic rings. The highest BCUT2D eigenvalue weighted by molar-refractivity contribution is 6.12. The van der Waals surface area contributed by atoms with Crippen molar-refractivity contribution in [2.24, 2.45) is 7.05 Å². The molecule has 3 aromatic carbocycles. The molecule has 5 rings (SSSR count). The molecule has 0 radical (unpaired) electrons. The second-order valence-corrected chi connectivity index (χ2v) is 7.36. The first-order chi connectivity index (χ1) is 15.5. The first kappa shape index (κ1) is 19.6. The van der Waals surface area contributed by atoms with E-state index in [9.17, 15) is 9.18 Å². The minimum atomic E-state index is -0.567. The smallest absolute Gasteiger partial charge is 0.214 e. The van der Waals surface area contributed by atoms with E-state index in [0.29, 0.717) is 17.1 Å². The summed E-state index contributed by atoms with van der Waals surface area (Å²) in [6.07, 6.45) is 1.40. The number of halogens is 1. The molecule has 2 heterocycles. The predicted octanol–water partition coefficient (Wildman–Crippen LogP) is 5.11. The van der Waals surface area contributed by atoms with Crippen LogP contribution in [-0.2, 0) is 7.05 Å². The fourth-order valence-electron chi connectivity index (χ4n) is 3.70. The molecular formula is C25H19FN4O2. The molecule has 0 saturated heterocycles. The molecule has 0 atom stereocenters. The normalized spacial score (nSPS) is 11.1. The van der Waals surface area contributed by atoms with Crippen LogP contribution >= 0.6 is 0 Å². The SMILES string of the molecule is Cn1c(C(=O)c2cnn(-c3ccc(Oc4ccccc4)c(F)c3)c2N)cc2ccccc21. The number of ether oxygens (including phenoxy) is 1. The molecule has 0 saturated carbocycles. The lowest BCUT2D eigenvalue weighted by Gasteiger charge is -2.10. The number of carbonyl (C=O) groups is 1. The van der Waals surface area contributed by atoms with Gasteiger partial charge in [0.25, 0.3) is 0 Å². The molecule has 2 aromatic heterocycles. The van der Waals surface area contributed by atoms with Crippen molar-refractivity contribution in [1.29, 1.82) is 0 Å². The Balaban J connectivity index is 1.46. The molecule has 0 aliphatic rings. The van der Waals surface area contributed by atoms with Gasteiger partial charge < -0.3 is 15.0 Å². The maximum atomic E-state index is 14.7. The fraction of sp³-hybridized carbons (Fsp3) is 0.0400. The van der Waals surface area contributed by atoms with Crippen LogP contribution in [0.4, 0.5) is 10.2 Å². The van der Waals surface area contributed by atoms with E-state index in [1.54, 1.807) is 30.3 Å². The molecule has 0 spiro atoms. The Labute approximate surface area is 183 Å². The first-order valence-electron chi connectivity index (χ1n) is 9.98. The average Bonchev–Trinajstić information content (AvgIpc) is 3.36. The number of hydrogen-bond donors (Lipinski definition) is 1. The van der Waals surface area contributed by atoms with Crippen LogP contribution in [0.5, 0.6) is 11.5 Å². The predicted molar refractivity (Wildman–Crippen MR) is 121 cm³/mol. The lowest BCUT2D eigenvalue weighted by atomic mass is 10.1. The highest BCUT2D eigenvalue weighted by Crippen LogP contribution is 2.28. The van der Waals surface area contributed by atoms with E-state index in [4.69, 9.17) is 10.5 Å². The molecule has 0 unspecified atom stereocenters. The Kier molecular flexibility index (Phi) is 4.71. The van der Waals surface area contributed by atoms with E-state index in [1.807, 2.05) is 48.0 Å². The van der Waals surface area contributed by atoms with Crippen molar-refractivity contribution in [3.8, 4) is 17.2 Å². The zero-order valence-electron chi connectivity index (χ0n) is 17.2. The van der Waals surface area contributed by atoms with Gasteiger partial charge in [-0.25, -0.2) is 9.07 Å². The molecule has 7 heteroatoms. The summed E-state index contributed by atoms with van der Waals surface area (Å²) in [5, 5.41) is 5.18. The number of aromatic nitrogens is 3. The number of fused-ring (bicyclic) bond motifs is 1. The van der Waals surface area contributed by atoms with Crippen LogP contribution in [0.15, 0.2) is 85.1 Å². The van der Waals surface area contributed by atoms with Crippen molar-refractivity contribution >= 4 is 22.5 Å². The van der Waals surface area contributed by atoms with Crippen LogP contribution in [0.1, 0.15) is 16.1 Å². The van der Waals surface area contributed by atoms with Crippen LogP contribution in [0.3, 0.4) is 0 Å². The van der Waals surface area contributed by atoms with Crippen molar-refractivity contribution in [3.63, 3.8) is 0 Å². The van der Waals surface area contributed by atoms with Gasteiger partial charge in [0.05, 0.1) is 23.1 Å². The molecule has 0 aliphatic carbocycles. The minimum Gasteiger partial charge on any atom is -0.454 e. The lowest BCUT2D eigenvalue weighted by Crippen LogP contribution is -2.10.